The highest BCUT2D eigenvalue weighted by molar-refractivity contribution is 5.18. The predicted molar refractivity (Wildman–Crippen MR) is 54.6 cm³/mol. The van der Waals surface area contributed by atoms with Crippen molar-refractivity contribution < 1.29 is 8.78 Å². The van der Waals surface area contributed by atoms with E-state index in [9.17, 15) is 13.7 Å². The van der Waals surface area contributed by atoms with Gasteiger partial charge in [0.25, 0.3) is 0 Å². The molecule has 0 aliphatic carbocycles. The Balaban J connectivity index is 2.70. The van der Waals surface area contributed by atoms with Crippen LogP contribution in [0.25, 0.3) is 0 Å². The van der Waals surface area contributed by atoms with Gasteiger partial charge in [0.05, 0.1) is 6.04 Å². The molecule has 1 aromatic rings. The molecule has 1 aromatic carbocycles. The lowest BCUT2D eigenvalue weighted by atomic mass is 10.0. The molecule has 0 saturated carbocycles. The van der Waals surface area contributed by atoms with Crippen LogP contribution in [-0.4, -0.2) is 6.04 Å². The molecule has 1 rings (SSSR count). The minimum atomic E-state index is -0.881. The molecule has 0 aliphatic rings. The van der Waals surface area contributed by atoms with Crippen LogP contribution in [0.15, 0.2) is 23.4 Å². The molecule has 0 radical (unpaired) electrons. The highest BCUT2D eigenvalue weighted by Gasteiger charge is 2.10. The van der Waals surface area contributed by atoms with Crippen LogP contribution in [-0.2, 0) is 6.42 Å². The highest BCUT2D eigenvalue weighted by Crippen LogP contribution is 2.14. The number of hydrogen-bond acceptors (Lipinski definition) is 2. The standard InChI is InChI=1S/C11H13F2NO/c1-2-3-9(14-15)6-8-4-5-10(12)11(13)7-8/h4-5,7,9H,2-3,6H2,1H3. The van der Waals surface area contributed by atoms with E-state index in [1.54, 1.807) is 0 Å². The molecule has 0 aromatic heterocycles. The average Bonchev–Trinajstić information content (AvgIpc) is 2.23. The van der Waals surface area contributed by atoms with E-state index < -0.39 is 11.6 Å². The van der Waals surface area contributed by atoms with E-state index >= 15 is 0 Å². The fraction of sp³-hybridized carbons (Fsp3) is 0.455. The zero-order valence-electron chi connectivity index (χ0n) is 8.54. The third-order valence-corrected chi connectivity index (χ3v) is 2.23. The molecule has 0 N–H and O–H groups in total. The molecule has 2 nitrogen and oxygen atoms in total. The summed E-state index contributed by atoms with van der Waals surface area (Å²) in [5.74, 6) is -1.75. The Morgan fingerprint density at radius 2 is 2.07 bits per heavy atom. The van der Waals surface area contributed by atoms with Crippen LogP contribution in [0.2, 0.25) is 0 Å². The summed E-state index contributed by atoms with van der Waals surface area (Å²) in [6.45, 7) is 1.95. The van der Waals surface area contributed by atoms with E-state index in [1.807, 2.05) is 6.92 Å². The molecule has 1 unspecified atom stereocenters. The van der Waals surface area contributed by atoms with Gasteiger partial charge in [0.2, 0.25) is 0 Å². The molecule has 0 heterocycles. The van der Waals surface area contributed by atoms with Gasteiger partial charge in [-0.2, -0.15) is 4.91 Å². The van der Waals surface area contributed by atoms with E-state index in [0.717, 1.165) is 18.6 Å². The van der Waals surface area contributed by atoms with Crippen LogP contribution < -0.4 is 0 Å². The largest absolute Gasteiger partial charge is 0.204 e. The van der Waals surface area contributed by atoms with Crippen LogP contribution in [0.4, 0.5) is 8.78 Å². The second-order valence-corrected chi connectivity index (χ2v) is 3.50. The number of halogens is 2. The first-order valence-electron chi connectivity index (χ1n) is 4.93. The summed E-state index contributed by atoms with van der Waals surface area (Å²) >= 11 is 0. The van der Waals surface area contributed by atoms with Gasteiger partial charge in [-0.3, -0.25) is 0 Å². The maximum Gasteiger partial charge on any atom is 0.159 e. The van der Waals surface area contributed by atoms with Crippen molar-refractivity contribution in [2.45, 2.75) is 32.2 Å². The number of nitroso groups, excluding NO2 is 1. The lowest BCUT2D eigenvalue weighted by Crippen LogP contribution is -2.07. The first kappa shape index (κ1) is 11.8. The summed E-state index contributed by atoms with van der Waals surface area (Å²) in [6, 6.07) is 3.31. The van der Waals surface area contributed by atoms with E-state index in [0.29, 0.717) is 18.4 Å². The molecule has 0 spiro atoms. The molecule has 4 heteroatoms. The van der Waals surface area contributed by atoms with Gasteiger partial charge in [-0.05, 0) is 30.5 Å². The number of rotatable bonds is 5. The van der Waals surface area contributed by atoms with Crippen LogP contribution in [0.5, 0.6) is 0 Å². The smallest absolute Gasteiger partial charge is 0.159 e. The van der Waals surface area contributed by atoms with Crippen LogP contribution in [0.3, 0.4) is 0 Å². The lowest BCUT2D eigenvalue weighted by Gasteiger charge is -2.07. The van der Waals surface area contributed by atoms with Crippen molar-refractivity contribution in [1.29, 1.82) is 0 Å². The van der Waals surface area contributed by atoms with Gasteiger partial charge < -0.3 is 0 Å². The summed E-state index contributed by atoms with van der Waals surface area (Å²) in [6.07, 6.45) is 1.89. The minimum Gasteiger partial charge on any atom is -0.204 e. The average molecular weight is 213 g/mol. The van der Waals surface area contributed by atoms with Gasteiger partial charge in [0.15, 0.2) is 11.6 Å². The zero-order chi connectivity index (χ0) is 11.3. The fourth-order valence-electron chi connectivity index (χ4n) is 1.46. The van der Waals surface area contributed by atoms with Crippen molar-refractivity contribution >= 4 is 0 Å². The van der Waals surface area contributed by atoms with Crippen molar-refractivity contribution in [2.24, 2.45) is 5.18 Å². The Hall–Kier alpha value is -1.32. The first-order chi connectivity index (χ1) is 7.17. The van der Waals surface area contributed by atoms with Gasteiger partial charge >= 0.3 is 0 Å². The Bertz CT molecular complexity index is 341. The van der Waals surface area contributed by atoms with E-state index in [4.69, 9.17) is 0 Å². The van der Waals surface area contributed by atoms with Crippen molar-refractivity contribution in [3.05, 3.63) is 40.3 Å². The molecular formula is C11H13F2NO. The van der Waals surface area contributed by atoms with Crippen LogP contribution in [0, 0.1) is 16.5 Å². The van der Waals surface area contributed by atoms with Crippen molar-refractivity contribution in [3.63, 3.8) is 0 Å². The Labute approximate surface area is 87.3 Å². The number of nitrogens with zero attached hydrogens (tertiary/aromatic N) is 1. The fourth-order valence-corrected chi connectivity index (χ4v) is 1.46. The molecule has 82 valence electrons. The van der Waals surface area contributed by atoms with Crippen molar-refractivity contribution in [3.8, 4) is 0 Å². The summed E-state index contributed by atoms with van der Waals surface area (Å²) in [7, 11) is 0. The summed E-state index contributed by atoms with van der Waals surface area (Å²) < 4.78 is 25.4. The van der Waals surface area contributed by atoms with Gasteiger partial charge in [0, 0.05) is 0 Å². The minimum absolute atomic E-state index is 0.347. The Morgan fingerprint density at radius 3 is 2.60 bits per heavy atom. The molecule has 1 atom stereocenters. The van der Waals surface area contributed by atoms with Crippen LogP contribution >= 0.6 is 0 Å². The lowest BCUT2D eigenvalue weighted by molar-refractivity contribution is 0.505. The monoisotopic (exact) mass is 213 g/mol. The van der Waals surface area contributed by atoms with Gasteiger partial charge in [-0.15, -0.1) is 0 Å². The van der Waals surface area contributed by atoms with Crippen LogP contribution in [0.1, 0.15) is 25.3 Å². The quantitative estimate of drug-likeness (QED) is 0.689. The maximum atomic E-state index is 12.8. The van der Waals surface area contributed by atoms with E-state index in [-0.39, 0.29) is 6.04 Å². The molecule has 0 fully saturated rings. The van der Waals surface area contributed by atoms with E-state index in [1.165, 1.54) is 6.07 Å². The summed E-state index contributed by atoms with van der Waals surface area (Å²) in [5, 5.41) is 2.96. The maximum absolute atomic E-state index is 12.8. The van der Waals surface area contributed by atoms with Gasteiger partial charge in [-0.25, -0.2) is 8.78 Å². The van der Waals surface area contributed by atoms with E-state index in [2.05, 4.69) is 5.18 Å². The van der Waals surface area contributed by atoms with Crippen molar-refractivity contribution in [1.82, 2.24) is 0 Å². The third kappa shape index (κ3) is 3.38. The second-order valence-electron chi connectivity index (χ2n) is 3.50. The molecule has 0 amide bonds. The topological polar surface area (TPSA) is 29.4 Å². The Kier molecular flexibility index (Phi) is 4.34. The van der Waals surface area contributed by atoms with Gasteiger partial charge in [-0.1, -0.05) is 24.6 Å². The molecular weight excluding hydrogens is 200 g/mol. The molecule has 0 saturated heterocycles. The molecule has 0 aliphatic heterocycles. The highest BCUT2D eigenvalue weighted by atomic mass is 19.2. The SMILES string of the molecule is CCCC(Cc1ccc(F)c(F)c1)N=O. The van der Waals surface area contributed by atoms with Gasteiger partial charge in [0.1, 0.15) is 0 Å². The number of benzene rings is 1. The molecule has 15 heavy (non-hydrogen) atoms. The summed E-state index contributed by atoms with van der Waals surface area (Å²) in [4.78, 5) is 10.4. The predicted octanol–water partition coefficient (Wildman–Crippen LogP) is 3.44. The number of hydrogen-bond donors (Lipinski definition) is 0. The zero-order valence-corrected chi connectivity index (χ0v) is 8.54. The Morgan fingerprint density at radius 1 is 1.33 bits per heavy atom. The normalized spacial score (nSPS) is 12.5. The first-order valence-corrected chi connectivity index (χ1v) is 4.93. The third-order valence-electron chi connectivity index (χ3n) is 2.23. The summed E-state index contributed by atoms with van der Waals surface area (Å²) in [5.41, 5.74) is 0.604. The van der Waals surface area contributed by atoms with Crippen molar-refractivity contribution in [2.75, 3.05) is 0 Å². The second kappa shape index (κ2) is 5.53. The molecule has 0 bridgehead atoms.